The van der Waals surface area contributed by atoms with Crippen molar-refractivity contribution < 1.29 is 4.79 Å². The summed E-state index contributed by atoms with van der Waals surface area (Å²) in [7, 11) is 1.89. The van der Waals surface area contributed by atoms with Gasteiger partial charge in [-0.3, -0.25) is 4.79 Å². The molecule has 0 N–H and O–H groups in total. The molecule has 0 spiro atoms. The maximum absolute atomic E-state index is 11.9. The van der Waals surface area contributed by atoms with Crippen LogP contribution < -0.4 is 0 Å². The Balaban J connectivity index is 1.86. The molecule has 0 bridgehead atoms. The van der Waals surface area contributed by atoms with E-state index >= 15 is 0 Å². The molecule has 4 heteroatoms. The number of hydrogen-bond acceptors (Lipinski definition) is 2. The summed E-state index contributed by atoms with van der Waals surface area (Å²) in [5.74, 6) is 0.830. The monoisotopic (exact) mass is 287 g/mol. The van der Waals surface area contributed by atoms with Crippen molar-refractivity contribution in [3.8, 4) is 0 Å². The zero-order chi connectivity index (χ0) is 10.8. The fourth-order valence-electron chi connectivity index (χ4n) is 1.88. The third-order valence-electron chi connectivity index (χ3n) is 2.83. The Labute approximate surface area is 102 Å². The fourth-order valence-corrected chi connectivity index (χ4v) is 3.57. The van der Waals surface area contributed by atoms with Crippen molar-refractivity contribution in [2.24, 2.45) is 5.92 Å². The lowest BCUT2D eigenvalue weighted by Gasteiger charge is -2.34. The summed E-state index contributed by atoms with van der Waals surface area (Å²) in [5.41, 5.74) is 0.817. The van der Waals surface area contributed by atoms with Crippen LogP contribution in [0.25, 0.3) is 0 Å². The molecule has 1 fully saturated rings. The van der Waals surface area contributed by atoms with Crippen LogP contribution in [0.3, 0.4) is 0 Å². The largest absolute Gasteiger partial charge is 0.341 e. The average Bonchev–Trinajstić information content (AvgIpc) is 2.66. The van der Waals surface area contributed by atoms with Crippen molar-refractivity contribution in [2.45, 2.75) is 17.7 Å². The van der Waals surface area contributed by atoms with Crippen LogP contribution in [0, 0.1) is 5.92 Å². The number of hydrogen-bond donors (Lipinski definition) is 0. The molecule has 1 saturated carbocycles. The van der Waals surface area contributed by atoms with Crippen LogP contribution in [-0.4, -0.2) is 29.2 Å². The topological polar surface area (TPSA) is 20.3 Å². The highest BCUT2D eigenvalue weighted by atomic mass is 79.9. The average molecular weight is 288 g/mol. The van der Waals surface area contributed by atoms with Gasteiger partial charge >= 0.3 is 0 Å². The van der Waals surface area contributed by atoms with E-state index in [1.807, 2.05) is 28.8 Å². The Hall–Kier alpha value is -0.350. The van der Waals surface area contributed by atoms with Crippen molar-refractivity contribution >= 4 is 33.2 Å². The molecule has 0 atom stereocenters. The Kier molecular flexibility index (Phi) is 3.46. The molecule has 1 aliphatic carbocycles. The molecular formula is C11H14BrNOS. The lowest BCUT2D eigenvalue weighted by molar-refractivity contribution is 0.0749. The van der Waals surface area contributed by atoms with E-state index in [9.17, 15) is 4.79 Å². The van der Waals surface area contributed by atoms with Crippen LogP contribution in [0.4, 0.5) is 0 Å². The molecule has 15 heavy (non-hydrogen) atoms. The predicted molar refractivity (Wildman–Crippen MR) is 66.7 cm³/mol. The zero-order valence-electron chi connectivity index (χ0n) is 8.65. The first-order valence-electron chi connectivity index (χ1n) is 5.08. The maximum atomic E-state index is 11.9. The SMILES string of the molecule is CN(CC1CC(Br)C1)C(=O)c1ccsc1. The van der Waals surface area contributed by atoms with Crippen LogP contribution in [0.5, 0.6) is 0 Å². The van der Waals surface area contributed by atoms with E-state index in [-0.39, 0.29) is 5.91 Å². The minimum Gasteiger partial charge on any atom is -0.341 e. The number of nitrogens with zero attached hydrogens (tertiary/aromatic N) is 1. The second kappa shape index (κ2) is 4.66. The normalized spacial score (nSPS) is 24.7. The quantitative estimate of drug-likeness (QED) is 0.783. The summed E-state index contributed by atoms with van der Waals surface area (Å²) in [4.78, 5) is 14.4. The highest BCUT2D eigenvalue weighted by Gasteiger charge is 2.28. The van der Waals surface area contributed by atoms with E-state index in [1.54, 1.807) is 11.3 Å². The lowest BCUT2D eigenvalue weighted by atomic mass is 9.85. The van der Waals surface area contributed by atoms with Gasteiger partial charge in [-0.15, -0.1) is 0 Å². The lowest BCUT2D eigenvalue weighted by Crippen LogP contribution is -2.37. The van der Waals surface area contributed by atoms with Crippen molar-refractivity contribution in [2.75, 3.05) is 13.6 Å². The Morgan fingerprint density at radius 2 is 2.40 bits per heavy atom. The zero-order valence-corrected chi connectivity index (χ0v) is 11.1. The van der Waals surface area contributed by atoms with Crippen molar-refractivity contribution in [3.63, 3.8) is 0 Å². The molecule has 0 aliphatic heterocycles. The summed E-state index contributed by atoms with van der Waals surface area (Å²) < 4.78 is 0. The minimum atomic E-state index is 0.147. The molecule has 0 unspecified atom stereocenters. The molecule has 2 nitrogen and oxygen atoms in total. The molecule has 0 aromatic carbocycles. The van der Waals surface area contributed by atoms with Gasteiger partial charge < -0.3 is 4.90 Å². The van der Waals surface area contributed by atoms with Gasteiger partial charge in [-0.25, -0.2) is 0 Å². The molecule has 1 amide bonds. The fraction of sp³-hybridized carbons (Fsp3) is 0.545. The van der Waals surface area contributed by atoms with E-state index in [0.29, 0.717) is 10.7 Å². The maximum Gasteiger partial charge on any atom is 0.254 e. The van der Waals surface area contributed by atoms with Gasteiger partial charge in [0, 0.05) is 23.8 Å². The van der Waals surface area contributed by atoms with Gasteiger partial charge in [0.2, 0.25) is 0 Å². The van der Waals surface area contributed by atoms with Crippen LogP contribution in [0.2, 0.25) is 0 Å². The van der Waals surface area contributed by atoms with Gasteiger partial charge in [-0.05, 0) is 30.2 Å². The Morgan fingerprint density at radius 1 is 1.67 bits per heavy atom. The predicted octanol–water partition coefficient (Wildman–Crippen LogP) is 2.99. The molecular weight excluding hydrogens is 274 g/mol. The summed E-state index contributed by atoms with van der Waals surface area (Å²) in [6.07, 6.45) is 2.39. The number of alkyl halides is 1. The smallest absolute Gasteiger partial charge is 0.254 e. The molecule has 1 aromatic rings. The molecule has 1 heterocycles. The number of thiophene rings is 1. The Morgan fingerprint density at radius 3 is 2.93 bits per heavy atom. The van der Waals surface area contributed by atoms with E-state index in [0.717, 1.165) is 12.1 Å². The van der Waals surface area contributed by atoms with Crippen molar-refractivity contribution in [1.82, 2.24) is 4.90 Å². The first-order valence-corrected chi connectivity index (χ1v) is 6.94. The summed E-state index contributed by atoms with van der Waals surface area (Å²) in [6.45, 7) is 0.886. The second-order valence-corrected chi connectivity index (χ2v) is 6.21. The van der Waals surface area contributed by atoms with E-state index in [4.69, 9.17) is 0 Å². The number of carbonyl (C=O) groups excluding carboxylic acids is 1. The van der Waals surface area contributed by atoms with E-state index in [2.05, 4.69) is 15.9 Å². The molecule has 1 aliphatic rings. The summed E-state index contributed by atoms with van der Waals surface area (Å²) in [5, 5.41) is 3.85. The van der Waals surface area contributed by atoms with Gasteiger partial charge in [-0.2, -0.15) is 11.3 Å². The molecule has 2 rings (SSSR count). The van der Waals surface area contributed by atoms with Gasteiger partial charge in [0.25, 0.3) is 5.91 Å². The first-order chi connectivity index (χ1) is 7.16. The first kappa shape index (κ1) is 11.1. The molecule has 0 radical (unpaired) electrons. The molecule has 1 aromatic heterocycles. The van der Waals surface area contributed by atoms with Crippen molar-refractivity contribution in [1.29, 1.82) is 0 Å². The number of amides is 1. The van der Waals surface area contributed by atoms with Gasteiger partial charge in [0.1, 0.15) is 0 Å². The number of halogens is 1. The van der Waals surface area contributed by atoms with Gasteiger partial charge in [0.15, 0.2) is 0 Å². The van der Waals surface area contributed by atoms with Gasteiger partial charge in [0.05, 0.1) is 5.56 Å². The summed E-state index contributed by atoms with van der Waals surface area (Å²) >= 11 is 5.13. The Bertz CT molecular complexity index is 332. The third kappa shape index (κ3) is 2.61. The third-order valence-corrected chi connectivity index (χ3v) is 4.26. The second-order valence-electron chi connectivity index (χ2n) is 4.13. The minimum absolute atomic E-state index is 0.147. The highest BCUT2D eigenvalue weighted by molar-refractivity contribution is 9.09. The number of rotatable bonds is 3. The number of carbonyl (C=O) groups is 1. The highest BCUT2D eigenvalue weighted by Crippen LogP contribution is 2.33. The van der Waals surface area contributed by atoms with Crippen LogP contribution in [0.1, 0.15) is 23.2 Å². The van der Waals surface area contributed by atoms with Gasteiger partial charge in [-0.1, -0.05) is 15.9 Å². The standard InChI is InChI=1S/C11H14BrNOS/c1-13(6-8-4-10(12)5-8)11(14)9-2-3-15-7-9/h2-3,7-8,10H,4-6H2,1H3. The van der Waals surface area contributed by atoms with Crippen LogP contribution >= 0.6 is 27.3 Å². The summed E-state index contributed by atoms with van der Waals surface area (Å²) in [6, 6.07) is 1.89. The van der Waals surface area contributed by atoms with E-state index < -0.39 is 0 Å². The van der Waals surface area contributed by atoms with Crippen LogP contribution in [-0.2, 0) is 0 Å². The molecule has 82 valence electrons. The van der Waals surface area contributed by atoms with Crippen LogP contribution in [0.15, 0.2) is 16.8 Å². The molecule has 0 saturated heterocycles. The van der Waals surface area contributed by atoms with E-state index in [1.165, 1.54) is 12.8 Å². The van der Waals surface area contributed by atoms with Crippen molar-refractivity contribution in [3.05, 3.63) is 22.4 Å².